The van der Waals surface area contributed by atoms with Gasteiger partial charge in [0.15, 0.2) is 0 Å². The van der Waals surface area contributed by atoms with E-state index in [0.717, 1.165) is 12.1 Å². The minimum absolute atomic E-state index is 0.0200. The van der Waals surface area contributed by atoms with Gasteiger partial charge in [-0.2, -0.15) is 0 Å². The molecule has 5 heteroatoms. The summed E-state index contributed by atoms with van der Waals surface area (Å²) in [5.41, 5.74) is 7.18. The Labute approximate surface area is 111 Å². The zero-order chi connectivity index (χ0) is 13.5. The lowest BCUT2D eigenvalue weighted by atomic mass is 10.2. The molecule has 1 saturated carbocycles. The van der Waals surface area contributed by atoms with Crippen LogP contribution >= 0.6 is 0 Å². The van der Waals surface area contributed by atoms with Crippen LogP contribution in [0.1, 0.15) is 18.4 Å². The Morgan fingerprint density at radius 1 is 1.32 bits per heavy atom. The summed E-state index contributed by atoms with van der Waals surface area (Å²) in [5.74, 6) is -0.295. The maximum absolute atomic E-state index is 12.1. The van der Waals surface area contributed by atoms with Crippen LogP contribution in [0.5, 0.6) is 0 Å². The smallest absolute Gasteiger partial charge is 0.246 e. The Kier molecular flexibility index (Phi) is 2.78. The summed E-state index contributed by atoms with van der Waals surface area (Å²) in [6.45, 7) is 0.702. The second-order valence-corrected chi connectivity index (χ2v) is 5.26. The van der Waals surface area contributed by atoms with E-state index < -0.39 is 5.54 Å². The predicted octanol–water partition coefficient (Wildman–Crippen LogP) is 0.183. The number of hydrogen-bond acceptors (Lipinski definition) is 3. The molecule has 3 rings (SSSR count). The molecule has 5 nitrogen and oxygen atoms in total. The average molecular weight is 259 g/mol. The lowest BCUT2D eigenvalue weighted by Gasteiger charge is -2.18. The first-order valence-electron chi connectivity index (χ1n) is 6.56. The van der Waals surface area contributed by atoms with E-state index >= 15 is 0 Å². The van der Waals surface area contributed by atoms with Crippen LogP contribution in [0.3, 0.4) is 0 Å². The molecule has 0 atom stereocenters. The Morgan fingerprint density at radius 3 is 2.79 bits per heavy atom. The van der Waals surface area contributed by atoms with Crippen LogP contribution in [0.25, 0.3) is 0 Å². The molecule has 1 heterocycles. The highest BCUT2D eigenvalue weighted by Gasteiger charge is 2.46. The van der Waals surface area contributed by atoms with E-state index in [1.165, 1.54) is 5.56 Å². The van der Waals surface area contributed by atoms with Crippen LogP contribution in [-0.2, 0) is 16.0 Å². The molecular formula is C14H17N3O2. The van der Waals surface area contributed by atoms with Gasteiger partial charge in [0.1, 0.15) is 0 Å². The van der Waals surface area contributed by atoms with E-state index in [0.29, 0.717) is 19.4 Å². The molecule has 2 amide bonds. The molecule has 1 aliphatic heterocycles. The normalized spacial score (nSPS) is 18.9. The largest absolute Gasteiger partial charge is 0.345 e. The number of anilines is 1. The van der Waals surface area contributed by atoms with Crippen molar-refractivity contribution in [3.8, 4) is 0 Å². The Hall–Kier alpha value is -1.88. The van der Waals surface area contributed by atoms with Crippen LogP contribution in [0.2, 0.25) is 0 Å². The van der Waals surface area contributed by atoms with Crippen molar-refractivity contribution in [2.45, 2.75) is 24.8 Å². The van der Waals surface area contributed by atoms with Crippen molar-refractivity contribution in [3.63, 3.8) is 0 Å². The molecule has 1 aliphatic carbocycles. The topological polar surface area (TPSA) is 75.4 Å². The van der Waals surface area contributed by atoms with E-state index in [-0.39, 0.29) is 18.4 Å². The number of hydrogen-bond donors (Lipinski definition) is 2. The summed E-state index contributed by atoms with van der Waals surface area (Å²) in [4.78, 5) is 25.5. The molecular weight excluding hydrogens is 242 g/mol. The van der Waals surface area contributed by atoms with E-state index in [9.17, 15) is 9.59 Å². The van der Waals surface area contributed by atoms with Gasteiger partial charge in [-0.1, -0.05) is 18.2 Å². The number of benzene rings is 1. The number of fused-ring (bicyclic) bond motifs is 1. The first-order valence-corrected chi connectivity index (χ1v) is 6.56. The van der Waals surface area contributed by atoms with Gasteiger partial charge in [-0.05, 0) is 30.9 Å². The fourth-order valence-electron chi connectivity index (χ4n) is 2.39. The third kappa shape index (κ3) is 2.21. The van der Waals surface area contributed by atoms with Gasteiger partial charge in [-0.3, -0.25) is 9.59 Å². The van der Waals surface area contributed by atoms with Gasteiger partial charge in [0.25, 0.3) is 0 Å². The molecule has 3 N–H and O–H groups in total. The van der Waals surface area contributed by atoms with Gasteiger partial charge < -0.3 is 16.0 Å². The highest BCUT2D eigenvalue weighted by molar-refractivity contribution is 5.99. The number of carbonyl (C=O) groups is 2. The maximum atomic E-state index is 12.1. The molecule has 100 valence electrons. The van der Waals surface area contributed by atoms with Crippen molar-refractivity contribution in [1.82, 2.24) is 5.32 Å². The van der Waals surface area contributed by atoms with Gasteiger partial charge in [-0.25, -0.2) is 0 Å². The molecule has 0 unspecified atom stereocenters. The first-order chi connectivity index (χ1) is 9.10. The summed E-state index contributed by atoms with van der Waals surface area (Å²) in [6, 6.07) is 7.86. The molecule has 0 bridgehead atoms. The number of rotatable bonds is 3. The quantitative estimate of drug-likeness (QED) is 0.813. The fraction of sp³-hybridized carbons (Fsp3) is 0.429. The van der Waals surface area contributed by atoms with Crippen molar-refractivity contribution in [3.05, 3.63) is 29.8 Å². The summed E-state index contributed by atoms with van der Waals surface area (Å²) in [5, 5.41) is 2.64. The molecule has 0 spiro atoms. The molecule has 0 radical (unpaired) electrons. The molecule has 1 aromatic carbocycles. The van der Waals surface area contributed by atoms with Gasteiger partial charge in [0.2, 0.25) is 11.8 Å². The summed E-state index contributed by atoms with van der Waals surface area (Å²) in [6.07, 6.45) is 2.29. The van der Waals surface area contributed by atoms with Crippen molar-refractivity contribution in [1.29, 1.82) is 0 Å². The van der Waals surface area contributed by atoms with Gasteiger partial charge in [0, 0.05) is 12.2 Å². The van der Waals surface area contributed by atoms with Crippen molar-refractivity contribution in [2.75, 3.05) is 18.0 Å². The fourth-order valence-corrected chi connectivity index (χ4v) is 2.39. The van der Waals surface area contributed by atoms with Gasteiger partial charge in [-0.15, -0.1) is 0 Å². The van der Waals surface area contributed by atoms with Crippen LogP contribution in [-0.4, -0.2) is 30.4 Å². The molecule has 19 heavy (non-hydrogen) atoms. The lowest BCUT2D eigenvalue weighted by Crippen LogP contribution is -2.47. The number of amides is 2. The minimum Gasteiger partial charge on any atom is -0.345 e. The molecule has 0 saturated heterocycles. The molecule has 1 aromatic rings. The summed E-state index contributed by atoms with van der Waals surface area (Å²) >= 11 is 0. The zero-order valence-electron chi connectivity index (χ0n) is 10.7. The number of nitrogens with two attached hydrogens (primary N) is 1. The summed E-state index contributed by atoms with van der Waals surface area (Å²) < 4.78 is 0. The zero-order valence-corrected chi connectivity index (χ0v) is 10.7. The highest BCUT2D eigenvalue weighted by Crippen LogP contribution is 2.32. The number of nitrogens with one attached hydrogen (secondary N) is 1. The minimum atomic E-state index is -0.719. The number of carbonyl (C=O) groups excluding carboxylic acids is 2. The maximum Gasteiger partial charge on any atom is 0.246 e. The van der Waals surface area contributed by atoms with Crippen LogP contribution in [0.15, 0.2) is 24.3 Å². The van der Waals surface area contributed by atoms with Crippen LogP contribution in [0.4, 0.5) is 5.69 Å². The van der Waals surface area contributed by atoms with E-state index in [1.54, 1.807) is 4.90 Å². The average Bonchev–Trinajstić information content (AvgIpc) is 3.03. The molecule has 2 aliphatic rings. The van der Waals surface area contributed by atoms with Crippen LogP contribution < -0.4 is 16.0 Å². The second kappa shape index (κ2) is 4.35. The van der Waals surface area contributed by atoms with Crippen LogP contribution in [0, 0.1) is 0 Å². The molecule has 1 fully saturated rings. The standard InChI is InChI=1S/C14H17N3O2/c15-14(6-7-14)13(19)16-9-12(18)17-8-5-10-3-1-2-4-11(10)17/h1-4H,5-9,15H2,(H,16,19). The third-order valence-corrected chi connectivity index (χ3v) is 3.83. The second-order valence-electron chi connectivity index (χ2n) is 5.26. The van der Waals surface area contributed by atoms with Crippen molar-refractivity contribution in [2.24, 2.45) is 5.73 Å². The van der Waals surface area contributed by atoms with E-state index in [4.69, 9.17) is 5.73 Å². The highest BCUT2D eigenvalue weighted by atomic mass is 16.2. The van der Waals surface area contributed by atoms with Gasteiger partial charge >= 0.3 is 0 Å². The van der Waals surface area contributed by atoms with Crippen molar-refractivity contribution >= 4 is 17.5 Å². The van der Waals surface area contributed by atoms with E-state index in [1.807, 2.05) is 24.3 Å². The predicted molar refractivity (Wildman–Crippen MR) is 71.7 cm³/mol. The Balaban J connectivity index is 1.61. The van der Waals surface area contributed by atoms with Gasteiger partial charge in [0.05, 0.1) is 12.1 Å². The Bertz CT molecular complexity index is 537. The lowest BCUT2D eigenvalue weighted by molar-refractivity contribution is -0.126. The van der Waals surface area contributed by atoms with Crippen molar-refractivity contribution < 1.29 is 9.59 Å². The Morgan fingerprint density at radius 2 is 2.05 bits per heavy atom. The first kappa shape index (κ1) is 12.2. The van der Waals surface area contributed by atoms with E-state index in [2.05, 4.69) is 5.32 Å². The summed E-state index contributed by atoms with van der Waals surface area (Å²) in [7, 11) is 0. The number of para-hydroxylation sites is 1. The third-order valence-electron chi connectivity index (χ3n) is 3.83. The SMILES string of the molecule is NC1(C(=O)NCC(=O)N2CCc3ccccc32)CC1. The number of nitrogens with zero attached hydrogens (tertiary/aromatic N) is 1. The molecule has 0 aromatic heterocycles. The monoisotopic (exact) mass is 259 g/mol.